The molecule has 8 heteroatoms. The number of piperidine rings is 1. The summed E-state index contributed by atoms with van der Waals surface area (Å²) in [6.45, 7) is 6.31. The molecule has 1 N–H and O–H groups in total. The topological polar surface area (TPSA) is 89.2 Å². The molecule has 2 aromatic rings. The fraction of sp³-hybridized carbons (Fsp3) is 0.611. The molecular weight excluding hydrogens is 336 g/mol. The van der Waals surface area contributed by atoms with E-state index >= 15 is 0 Å². The van der Waals surface area contributed by atoms with Gasteiger partial charge < -0.3 is 14.6 Å². The molecule has 4 heterocycles. The van der Waals surface area contributed by atoms with Gasteiger partial charge in [-0.2, -0.15) is 0 Å². The third kappa shape index (κ3) is 2.93. The number of fused-ring (bicyclic) bond motifs is 3. The number of rotatable bonds is 1. The van der Waals surface area contributed by atoms with Crippen molar-refractivity contribution in [1.29, 1.82) is 0 Å². The Hall–Kier alpha value is -2.19. The zero-order chi connectivity index (χ0) is 18.5. The van der Waals surface area contributed by atoms with E-state index in [9.17, 15) is 9.90 Å². The maximum Gasteiger partial charge on any atom is 0.410 e. The summed E-state index contributed by atoms with van der Waals surface area (Å²) >= 11 is 0. The number of carbonyl (C=O) groups is 1. The second-order valence-electron chi connectivity index (χ2n) is 8.11. The Kier molecular flexibility index (Phi) is 3.92. The van der Waals surface area contributed by atoms with E-state index in [-0.39, 0.29) is 18.2 Å². The fourth-order valence-electron chi connectivity index (χ4n) is 3.97. The van der Waals surface area contributed by atoms with Crippen LogP contribution in [0, 0.1) is 0 Å². The lowest BCUT2D eigenvalue weighted by Crippen LogP contribution is -2.63. The molecule has 2 aliphatic rings. The second kappa shape index (κ2) is 5.92. The summed E-state index contributed by atoms with van der Waals surface area (Å²) < 4.78 is 13.0. The normalized spacial score (nSPS) is 29.0. The Morgan fingerprint density at radius 1 is 1.31 bits per heavy atom. The number of nitrogens with zero attached hydrogens (tertiary/aromatic N) is 4. The molecule has 2 bridgehead atoms. The highest BCUT2D eigenvalue weighted by molar-refractivity contribution is 5.69. The van der Waals surface area contributed by atoms with Crippen molar-refractivity contribution in [2.45, 2.75) is 56.9 Å². The van der Waals surface area contributed by atoms with Gasteiger partial charge in [0.15, 0.2) is 0 Å². The highest BCUT2D eigenvalue weighted by Gasteiger charge is 2.50. The number of ether oxygens (including phenoxy) is 2. The molecule has 2 unspecified atom stereocenters. The Balaban J connectivity index is 1.64. The Bertz CT molecular complexity index is 814. The zero-order valence-corrected chi connectivity index (χ0v) is 15.3. The first-order valence-corrected chi connectivity index (χ1v) is 8.87. The SMILES string of the molecule is CC(C)(C)OC(=O)N1C2COCC1CC(O)(c1cnc3ncccn13)C2. The van der Waals surface area contributed by atoms with E-state index in [4.69, 9.17) is 9.47 Å². The number of aromatic nitrogens is 3. The van der Waals surface area contributed by atoms with Crippen molar-refractivity contribution in [3.05, 3.63) is 30.4 Å². The lowest BCUT2D eigenvalue weighted by molar-refractivity contribution is -0.142. The molecule has 0 aliphatic carbocycles. The standard InChI is InChI=1S/C18H24N4O4/c1-17(2,3)26-16(23)22-12-7-18(24,8-13(22)11-25-10-12)14-9-20-15-19-5-4-6-21(14)15/h4-6,9,12-13,24H,7-8,10-11H2,1-3H3. The van der Waals surface area contributed by atoms with Gasteiger partial charge >= 0.3 is 6.09 Å². The number of morpholine rings is 1. The van der Waals surface area contributed by atoms with E-state index in [0.717, 1.165) is 0 Å². The zero-order valence-electron chi connectivity index (χ0n) is 15.3. The number of amides is 1. The lowest BCUT2D eigenvalue weighted by Gasteiger charge is -2.51. The van der Waals surface area contributed by atoms with E-state index < -0.39 is 11.2 Å². The number of imidazole rings is 1. The van der Waals surface area contributed by atoms with Crippen molar-refractivity contribution in [2.24, 2.45) is 0 Å². The third-order valence-electron chi connectivity index (χ3n) is 4.92. The van der Waals surface area contributed by atoms with Crippen LogP contribution in [-0.2, 0) is 15.1 Å². The van der Waals surface area contributed by atoms with E-state index in [1.54, 1.807) is 27.8 Å². The predicted molar refractivity (Wildman–Crippen MR) is 92.6 cm³/mol. The average Bonchev–Trinajstić information content (AvgIpc) is 2.97. The molecule has 2 fully saturated rings. The van der Waals surface area contributed by atoms with Gasteiger partial charge in [-0.05, 0) is 26.8 Å². The number of carbonyl (C=O) groups excluding carboxylic acids is 1. The van der Waals surface area contributed by atoms with Crippen molar-refractivity contribution in [1.82, 2.24) is 19.3 Å². The van der Waals surface area contributed by atoms with E-state index in [1.807, 2.05) is 27.0 Å². The van der Waals surface area contributed by atoms with E-state index in [2.05, 4.69) is 9.97 Å². The van der Waals surface area contributed by atoms with Gasteiger partial charge in [0.25, 0.3) is 0 Å². The average molecular weight is 360 g/mol. The minimum Gasteiger partial charge on any atom is -0.444 e. The molecule has 2 atom stereocenters. The van der Waals surface area contributed by atoms with Crippen LogP contribution >= 0.6 is 0 Å². The Morgan fingerprint density at radius 3 is 2.65 bits per heavy atom. The van der Waals surface area contributed by atoms with Crippen LogP contribution in [0.4, 0.5) is 4.79 Å². The first-order chi connectivity index (χ1) is 12.3. The Morgan fingerprint density at radius 2 is 2.00 bits per heavy atom. The minimum atomic E-state index is -1.10. The van der Waals surface area contributed by atoms with Gasteiger partial charge in [-0.3, -0.25) is 9.30 Å². The monoisotopic (exact) mass is 360 g/mol. The summed E-state index contributed by atoms with van der Waals surface area (Å²) in [5.74, 6) is 0.548. The number of hydrogen-bond acceptors (Lipinski definition) is 6. The molecule has 0 radical (unpaired) electrons. The van der Waals surface area contributed by atoms with Crippen LogP contribution < -0.4 is 0 Å². The van der Waals surface area contributed by atoms with Crippen LogP contribution in [0.25, 0.3) is 5.78 Å². The van der Waals surface area contributed by atoms with Crippen molar-refractivity contribution in [2.75, 3.05) is 13.2 Å². The molecular formula is C18H24N4O4. The number of aliphatic hydroxyl groups is 1. The predicted octanol–water partition coefficient (Wildman–Crippen LogP) is 1.72. The first-order valence-electron chi connectivity index (χ1n) is 8.87. The minimum absolute atomic E-state index is 0.246. The van der Waals surface area contributed by atoms with Crippen LogP contribution in [0.2, 0.25) is 0 Å². The quantitative estimate of drug-likeness (QED) is 0.833. The molecule has 0 spiro atoms. The van der Waals surface area contributed by atoms with Crippen molar-refractivity contribution < 1.29 is 19.4 Å². The molecule has 140 valence electrons. The van der Waals surface area contributed by atoms with Crippen molar-refractivity contribution >= 4 is 11.9 Å². The highest BCUT2D eigenvalue weighted by atomic mass is 16.6. The van der Waals surface area contributed by atoms with Crippen LogP contribution in [-0.4, -0.2) is 61.4 Å². The van der Waals surface area contributed by atoms with Crippen LogP contribution in [0.15, 0.2) is 24.7 Å². The molecule has 4 rings (SSSR count). The third-order valence-corrected chi connectivity index (χ3v) is 4.92. The van der Waals surface area contributed by atoms with Gasteiger partial charge in [0.05, 0.1) is 37.2 Å². The highest BCUT2D eigenvalue weighted by Crippen LogP contribution is 2.41. The van der Waals surface area contributed by atoms with Crippen molar-refractivity contribution in [3.8, 4) is 0 Å². The lowest BCUT2D eigenvalue weighted by atomic mass is 9.79. The van der Waals surface area contributed by atoms with Gasteiger partial charge in [-0.15, -0.1) is 0 Å². The summed E-state index contributed by atoms with van der Waals surface area (Å²) in [6, 6.07) is 1.32. The largest absolute Gasteiger partial charge is 0.444 e. The molecule has 0 aromatic carbocycles. The van der Waals surface area contributed by atoms with Crippen LogP contribution in [0.3, 0.4) is 0 Å². The second-order valence-corrected chi connectivity index (χ2v) is 8.11. The first kappa shape index (κ1) is 17.2. The molecule has 2 aliphatic heterocycles. The summed E-state index contributed by atoms with van der Waals surface area (Å²) in [6.07, 6.45) is 5.57. The van der Waals surface area contributed by atoms with Crippen LogP contribution in [0.5, 0.6) is 0 Å². The maximum atomic E-state index is 12.7. The molecule has 26 heavy (non-hydrogen) atoms. The van der Waals surface area contributed by atoms with Gasteiger partial charge in [0, 0.05) is 25.2 Å². The van der Waals surface area contributed by atoms with Gasteiger partial charge in [-0.25, -0.2) is 14.8 Å². The number of hydrogen-bond donors (Lipinski definition) is 1. The van der Waals surface area contributed by atoms with Crippen LogP contribution in [0.1, 0.15) is 39.3 Å². The molecule has 1 amide bonds. The molecule has 2 aromatic heterocycles. The summed E-state index contributed by atoms with van der Waals surface area (Å²) in [7, 11) is 0. The van der Waals surface area contributed by atoms with Gasteiger partial charge in [0.1, 0.15) is 11.2 Å². The molecule has 8 nitrogen and oxygen atoms in total. The van der Waals surface area contributed by atoms with E-state index in [0.29, 0.717) is 37.5 Å². The fourth-order valence-corrected chi connectivity index (χ4v) is 3.97. The molecule has 2 saturated heterocycles. The smallest absolute Gasteiger partial charge is 0.410 e. The summed E-state index contributed by atoms with van der Waals surface area (Å²) in [4.78, 5) is 22.9. The molecule has 0 saturated carbocycles. The maximum absolute atomic E-state index is 12.7. The van der Waals surface area contributed by atoms with Gasteiger partial charge in [-0.1, -0.05) is 0 Å². The summed E-state index contributed by atoms with van der Waals surface area (Å²) in [5.41, 5.74) is -0.964. The van der Waals surface area contributed by atoms with E-state index in [1.165, 1.54) is 0 Å². The Labute approximate surface area is 151 Å². The van der Waals surface area contributed by atoms with Crippen molar-refractivity contribution in [3.63, 3.8) is 0 Å². The van der Waals surface area contributed by atoms with Gasteiger partial charge in [0.2, 0.25) is 5.78 Å². The summed E-state index contributed by atoms with van der Waals surface area (Å²) in [5, 5.41) is 11.4.